The summed E-state index contributed by atoms with van der Waals surface area (Å²) >= 11 is 0. The molecule has 0 aliphatic heterocycles. The molecule has 0 bridgehead atoms. The van der Waals surface area contributed by atoms with Crippen LogP contribution in [0.5, 0.6) is 5.75 Å². The SMILES string of the molecule is C/C(=N\OCc1ccc(C)cc1)c1cc(O)c(C)cc1-c1ccc(CC(=O)OC(C)(C)C)cc1. The fraction of sp³-hybridized carbons (Fsp3) is 0.310. The molecular formula is C29H33NO4. The Balaban J connectivity index is 1.81. The first-order valence-corrected chi connectivity index (χ1v) is 11.4. The van der Waals surface area contributed by atoms with Gasteiger partial charge in [0.05, 0.1) is 12.1 Å². The topological polar surface area (TPSA) is 68.1 Å². The fourth-order valence-electron chi connectivity index (χ4n) is 3.52. The van der Waals surface area contributed by atoms with Crippen molar-refractivity contribution in [3.8, 4) is 16.9 Å². The largest absolute Gasteiger partial charge is 0.508 e. The summed E-state index contributed by atoms with van der Waals surface area (Å²) in [6, 6.07) is 19.5. The minimum atomic E-state index is -0.506. The lowest BCUT2D eigenvalue weighted by Crippen LogP contribution is -2.24. The quantitative estimate of drug-likeness (QED) is 0.249. The molecule has 34 heavy (non-hydrogen) atoms. The van der Waals surface area contributed by atoms with Gasteiger partial charge in [0.1, 0.15) is 18.0 Å². The van der Waals surface area contributed by atoms with Crippen LogP contribution >= 0.6 is 0 Å². The number of benzene rings is 3. The highest BCUT2D eigenvalue weighted by molar-refractivity contribution is 6.04. The van der Waals surface area contributed by atoms with Crippen LogP contribution in [-0.4, -0.2) is 22.4 Å². The van der Waals surface area contributed by atoms with Gasteiger partial charge in [-0.15, -0.1) is 0 Å². The number of esters is 1. The van der Waals surface area contributed by atoms with E-state index in [1.54, 1.807) is 6.07 Å². The summed E-state index contributed by atoms with van der Waals surface area (Å²) in [6.07, 6.45) is 0.215. The van der Waals surface area contributed by atoms with Crippen molar-refractivity contribution in [2.45, 2.75) is 60.2 Å². The number of hydrogen-bond acceptors (Lipinski definition) is 5. The van der Waals surface area contributed by atoms with E-state index in [4.69, 9.17) is 9.57 Å². The van der Waals surface area contributed by atoms with Crippen LogP contribution in [-0.2, 0) is 27.4 Å². The Morgan fingerprint density at radius 3 is 2.18 bits per heavy atom. The summed E-state index contributed by atoms with van der Waals surface area (Å²) in [5.41, 5.74) is 6.70. The van der Waals surface area contributed by atoms with E-state index in [0.29, 0.717) is 12.3 Å². The van der Waals surface area contributed by atoms with Gasteiger partial charge in [0.2, 0.25) is 0 Å². The fourth-order valence-corrected chi connectivity index (χ4v) is 3.52. The molecule has 0 spiro atoms. The maximum absolute atomic E-state index is 12.1. The van der Waals surface area contributed by atoms with Gasteiger partial charge < -0.3 is 14.7 Å². The third-order valence-corrected chi connectivity index (χ3v) is 5.31. The number of aryl methyl sites for hydroxylation is 2. The first-order chi connectivity index (χ1) is 16.0. The number of carbonyl (C=O) groups excluding carboxylic acids is 1. The lowest BCUT2D eigenvalue weighted by Gasteiger charge is -2.19. The Kier molecular flexibility index (Phi) is 7.77. The zero-order valence-electron chi connectivity index (χ0n) is 20.8. The summed E-state index contributed by atoms with van der Waals surface area (Å²) in [6.45, 7) is 11.7. The van der Waals surface area contributed by atoms with E-state index < -0.39 is 5.60 Å². The molecule has 0 aliphatic carbocycles. The standard InChI is InChI=1S/C29H33NO4/c1-19-7-9-23(10-8-19)18-33-30-21(3)25-17-27(31)20(2)15-26(25)24-13-11-22(12-14-24)16-28(32)34-29(4,5)6/h7-15,17,31H,16,18H2,1-6H3/b30-21+. The highest BCUT2D eigenvalue weighted by Crippen LogP contribution is 2.31. The van der Waals surface area contributed by atoms with E-state index in [2.05, 4.69) is 5.16 Å². The molecule has 0 radical (unpaired) electrons. The van der Waals surface area contributed by atoms with E-state index >= 15 is 0 Å². The van der Waals surface area contributed by atoms with E-state index in [0.717, 1.165) is 33.4 Å². The number of phenolic OH excluding ortho intramolecular Hbond substituents is 1. The number of aromatic hydroxyl groups is 1. The molecule has 0 heterocycles. The van der Waals surface area contributed by atoms with Crippen molar-refractivity contribution >= 4 is 11.7 Å². The molecule has 0 saturated carbocycles. The molecule has 0 aliphatic rings. The minimum Gasteiger partial charge on any atom is -0.508 e. The maximum Gasteiger partial charge on any atom is 0.310 e. The van der Waals surface area contributed by atoms with Crippen LogP contribution in [0.25, 0.3) is 11.1 Å². The second-order valence-corrected chi connectivity index (χ2v) is 9.58. The number of hydrogen-bond donors (Lipinski definition) is 1. The Labute approximate surface area is 202 Å². The zero-order chi connectivity index (χ0) is 24.9. The second-order valence-electron chi connectivity index (χ2n) is 9.58. The van der Waals surface area contributed by atoms with Crippen molar-refractivity contribution in [2.75, 3.05) is 0 Å². The Morgan fingerprint density at radius 1 is 0.941 bits per heavy atom. The monoisotopic (exact) mass is 459 g/mol. The van der Waals surface area contributed by atoms with E-state index in [9.17, 15) is 9.90 Å². The highest BCUT2D eigenvalue weighted by Gasteiger charge is 2.17. The van der Waals surface area contributed by atoms with Crippen LogP contribution in [0, 0.1) is 13.8 Å². The molecule has 3 aromatic carbocycles. The summed E-state index contributed by atoms with van der Waals surface area (Å²) in [7, 11) is 0. The van der Waals surface area contributed by atoms with E-state index in [1.165, 1.54) is 5.56 Å². The van der Waals surface area contributed by atoms with Gasteiger partial charge in [-0.1, -0.05) is 59.3 Å². The lowest BCUT2D eigenvalue weighted by molar-refractivity contribution is -0.153. The second kappa shape index (κ2) is 10.6. The molecule has 0 atom stereocenters. The molecule has 0 unspecified atom stereocenters. The molecule has 5 nitrogen and oxygen atoms in total. The zero-order valence-corrected chi connectivity index (χ0v) is 20.8. The Bertz CT molecular complexity index is 1170. The lowest BCUT2D eigenvalue weighted by atomic mass is 9.94. The molecule has 5 heteroatoms. The van der Waals surface area contributed by atoms with Crippen LogP contribution in [0.2, 0.25) is 0 Å². The maximum atomic E-state index is 12.1. The molecule has 0 aromatic heterocycles. The van der Waals surface area contributed by atoms with Crippen LogP contribution in [0.1, 0.15) is 55.5 Å². The predicted octanol–water partition coefficient (Wildman–Crippen LogP) is 6.50. The van der Waals surface area contributed by atoms with Crippen molar-refractivity contribution in [3.05, 3.63) is 88.5 Å². The van der Waals surface area contributed by atoms with Gasteiger partial charge in [-0.25, -0.2) is 0 Å². The molecule has 0 saturated heterocycles. The number of oxime groups is 1. The predicted molar refractivity (Wildman–Crippen MR) is 136 cm³/mol. The van der Waals surface area contributed by atoms with Gasteiger partial charge in [0, 0.05) is 5.56 Å². The van der Waals surface area contributed by atoms with Crippen molar-refractivity contribution in [2.24, 2.45) is 5.16 Å². The van der Waals surface area contributed by atoms with Crippen LogP contribution in [0.3, 0.4) is 0 Å². The number of rotatable bonds is 7. The molecule has 0 amide bonds. The van der Waals surface area contributed by atoms with E-state index in [1.807, 2.05) is 96.1 Å². The molecule has 1 N–H and O–H groups in total. The molecule has 178 valence electrons. The highest BCUT2D eigenvalue weighted by atomic mass is 16.6. The molecular weight excluding hydrogens is 426 g/mol. The summed E-state index contributed by atoms with van der Waals surface area (Å²) < 4.78 is 5.41. The van der Waals surface area contributed by atoms with Gasteiger partial charge in [-0.3, -0.25) is 4.79 Å². The van der Waals surface area contributed by atoms with Gasteiger partial charge in [0.15, 0.2) is 0 Å². The smallest absolute Gasteiger partial charge is 0.310 e. The van der Waals surface area contributed by atoms with Crippen molar-refractivity contribution < 1.29 is 19.5 Å². The van der Waals surface area contributed by atoms with Crippen LogP contribution in [0.15, 0.2) is 65.8 Å². The number of nitrogens with zero attached hydrogens (tertiary/aromatic N) is 1. The summed E-state index contributed by atoms with van der Waals surface area (Å²) in [4.78, 5) is 17.7. The third kappa shape index (κ3) is 6.95. The van der Waals surface area contributed by atoms with Crippen molar-refractivity contribution in [3.63, 3.8) is 0 Å². The number of ether oxygens (including phenoxy) is 1. The minimum absolute atomic E-state index is 0.202. The Morgan fingerprint density at radius 2 is 1.56 bits per heavy atom. The first kappa shape index (κ1) is 25.0. The van der Waals surface area contributed by atoms with Gasteiger partial charge in [-0.2, -0.15) is 0 Å². The van der Waals surface area contributed by atoms with Crippen molar-refractivity contribution in [1.29, 1.82) is 0 Å². The first-order valence-electron chi connectivity index (χ1n) is 11.4. The normalized spacial score (nSPS) is 11.9. The molecule has 3 aromatic rings. The van der Waals surface area contributed by atoms with Gasteiger partial charge in [0.25, 0.3) is 0 Å². The summed E-state index contributed by atoms with van der Waals surface area (Å²) in [5, 5.41) is 14.6. The summed E-state index contributed by atoms with van der Waals surface area (Å²) in [5.74, 6) is -0.0523. The third-order valence-electron chi connectivity index (χ3n) is 5.31. The van der Waals surface area contributed by atoms with Crippen molar-refractivity contribution in [1.82, 2.24) is 0 Å². The van der Waals surface area contributed by atoms with Gasteiger partial charge in [-0.05, 0) is 81.5 Å². The molecule has 3 rings (SSSR count). The molecule has 0 fully saturated rings. The average Bonchev–Trinajstić information content (AvgIpc) is 2.76. The van der Waals surface area contributed by atoms with Gasteiger partial charge >= 0.3 is 5.97 Å². The number of carbonyl (C=O) groups is 1. The Hall–Kier alpha value is -3.60. The van der Waals surface area contributed by atoms with Crippen LogP contribution in [0.4, 0.5) is 0 Å². The van der Waals surface area contributed by atoms with E-state index in [-0.39, 0.29) is 18.1 Å². The van der Waals surface area contributed by atoms with Crippen LogP contribution < -0.4 is 0 Å². The number of phenols is 1. The average molecular weight is 460 g/mol.